The summed E-state index contributed by atoms with van der Waals surface area (Å²) in [7, 11) is -1.79. The zero-order valence-electron chi connectivity index (χ0n) is 24.2. The van der Waals surface area contributed by atoms with Gasteiger partial charge in [-0.2, -0.15) is 0 Å². The zero-order valence-corrected chi connectivity index (χ0v) is 24.2. The molecule has 4 aromatic rings. The molecule has 3 atom stereocenters. The number of alkyl carbamates (subject to hydrolysis) is 1. The Kier molecular flexibility index (Phi) is 11.0. The number of hydrogen-bond acceptors (Lipinski definition) is 6. The molecule has 0 saturated carbocycles. The number of carbonyl (C=O) groups excluding carboxylic acids is 3. The van der Waals surface area contributed by atoms with Crippen molar-refractivity contribution in [2.24, 2.45) is 5.92 Å². The number of carbonyl (C=O) groups is 3. The maximum atomic E-state index is 13.7. The number of nitrogens with one attached hydrogen (secondary N) is 4. The minimum Gasteiger partial charge on any atom is -0.445 e. The first-order valence-corrected chi connectivity index (χ1v) is 14.2. The van der Waals surface area contributed by atoms with Crippen LogP contribution in [0.25, 0.3) is 10.9 Å². The van der Waals surface area contributed by atoms with Gasteiger partial charge in [0.15, 0.2) is 0 Å². The van der Waals surface area contributed by atoms with Gasteiger partial charge in [-0.25, -0.2) is 4.79 Å². The molecule has 4 rings (SSSR count). The third-order valence-corrected chi connectivity index (χ3v) is 7.18. The lowest BCUT2D eigenvalue weighted by atomic mass is 9.73. The van der Waals surface area contributed by atoms with Crippen LogP contribution in [0.4, 0.5) is 4.79 Å². The lowest BCUT2D eigenvalue weighted by molar-refractivity contribution is -0.130. The monoisotopic (exact) mass is 584 g/mol. The minimum absolute atomic E-state index is 0.0258. The van der Waals surface area contributed by atoms with Gasteiger partial charge >= 0.3 is 13.2 Å². The standard InChI is InChI=1S/C32H37BN4O6/c1-21(2)29(33(41)42)37-31(39)28(18-24-19-34-26-16-10-9-15-25(24)26)35-30(38)27(17-22-11-5-3-6-12-22)36-32(40)43-20-23-13-7-4-8-14-23/h3-16,19,21,27-29,34,41-42H,17-18,20H2,1-2H3,(H,35,38)(H,36,40)(H,37,39)/t27-,28-,29-/m0/s1. The predicted octanol–water partition coefficient (Wildman–Crippen LogP) is 2.89. The summed E-state index contributed by atoms with van der Waals surface area (Å²) < 4.78 is 5.37. The molecule has 224 valence electrons. The first-order chi connectivity index (χ1) is 20.7. The lowest BCUT2D eigenvalue weighted by Crippen LogP contribution is -2.58. The molecule has 0 unspecified atom stereocenters. The van der Waals surface area contributed by atoms with E-state index in [4.69, 9.17) is 4.74 Å². The number of ether oxygens (including phenoxy) is 1. The van der Waals surface area contributed by atoms with Gasteiger partial charge < -0.3 is 35.7 Å². The van der Waals surface area contributed by atoms with Crippen molar-refractivity contribution in [3.63, 3.8) is 0 Å². The number of fused-ring (bicyclic) bond motifs is 1. The first-order valence-electron chi connectivity index (χ1n) is 14.2. The second-order valence-electron chi connectivity index (χ2n) is 10.8. The second kappa shape index (κ2) is 15.0. The average Bonchev–Trinajstić information content (AvgIpc) is 3.41. The molecule has 0 aliphatic heterocycles. The van der Waals surface area contributed by atoms with Crippen LogP contribution in [0.3, 0.4) is 0 Å². The molecule has 43 heavy (non-hydrogen) atoms. The Morgan fingerprint density at radius 3 is 2.00 bits per heavy atom. The molecular formula is C32H37BN4O6. The van der Waals surface area contributed by atoms with E-state index in [1.165, 1.54) is 0 Å². The van der Waals surface area contributed by atoms with E-state index in [2.05, 4.69) is 20.9 Å². The fraction of sp³-hybridized carbons (Fsp3) is 0.281. The van der Waals surface area contributed by atoms with Crippen molar-refractivity contribution in [1.82, 2.24) is 20.9 Å². The van der Waals surface area contributed by atoms with Crippen molar-refractivity contribution in [3.8, 4) is 0 Å². The molecular weight excluding hydrogens is 547 g/mol. The lowest BCUT2D eigenvalue weighted by Gasteiger charge is -2.27. The van der Waals surface area contributed by atoms with Crippen molar-refractivity contribution in [2.45, 2.75) is 51.3 Å². The summed E-state index contributed by atoms with van der Waals surface area (Å²) in [5, 5.41) is 28.8. The minimum atomic E-state index is -1.79. The highest BCUT2D eigenvalue weighted by atomic mass is 16.5. The SMILES string of the molecule is CC(C)[C@H](NC(=O)[C@H](Cc1c[nH]c2ccccc12)NC(=O)[C@H](Cc1ccccc1)NC(=O)OCc1ccccc1)B(O)O. The number of hydrogen-bond donors (Lipinski definition) is 6. The number of benzene rings is 3. The van der Waals surface area contributed by atoms with E-state index >= 15 is 0 Å². The van der Waals surface area contributed by atoms with Crippen LogP contribution < -0.4 is 16.0 Å². The second-order valence-corrected chi connectivity index (χ2v) is 10.8. The van der Waals surface area contributed by atoms with Crippen LogP contribution in [0.5, 0.6) is 0 Å². The Bertz CT molecular complexity index is 1490. The Morgan fingerprint density at radius 1 is 0.767 bits per heavy atom. The maximum Gasteiger partial charge on any atom is 0.475 e. The van der Waals surface area contributed by atoms with Crippen LogP contribution >= 0.6 is 0 Å². The van der Waals surface area contributed by atoms with Crippen molar-refractivity contribution < 1.29 is 29.2 Å². The number of amides is 3. The van der Waals surface area contributed by atoms with Gasteiger partial charge in [0, 0.05) is 29.9 Å². The normalized spacial score (nSPS) is 13.1. The Morgan fingerprint density at radius 2 is 1.35 bits per heavy atom. The molecule has 3 aromatic carbocycles. The number of H-pyrrole nitrogens is 1. The van der Waals surface area contributed by atoms with Crippen molar-refractivity contribution >= 4 is 35.9 Å². The van der Waals surface area contributed by atoms with E-state index in [0.29, 0.717) is 0 Å². The van der Waals surface area contributed by atoms with Crippen molar-refractivity contribution in [3.05, 3.63) is 108 Å². The van der Waals surface area contributed by atoms with Gasteiger partial charge in [-0.1, -0.05) is 92.7 Å². The maximum absolute atomic E-state index is 13.7. The Hall–Kier alpha value is -4.61. The number of rotatable bonds is 13. The van der Waals surface area contributed by atoms with Gasteiger partial charge in [0.25, 0.3) is 0 Å². The van der Waals surface area contributed by atoms with Crippen LogP contribution in [0, 0.1) is 5.92 Å². The molecule has 6 N–H and O–H groups in total. The van der Waals surface area contributed by atoms with E-state index in [1.54, 1.807) is 20.0 Å². The molecule has 0 bridgehead atoms. The highest BCUT2D eigenvalue weighted by Gasteiger charge is 2.33. The Labute approximate surface area is 251 Å². The molecule has 0 saturated heterocycles. The summed E-state index contributed by atoms with van der Waals surface area (Å²) in [6.07, 6.45) is 1.27. The number of aromatic amines is 1. The first kappa shape index (κ1) is 31.3. The van der Waals surface area contributed by atoms with Crippen LogP contribution in [0.15, 0.2) is 91.1 Å². The highest BCUT2D eigenvalue weighted by Crippen LogP contribution is 2.20. The molecule has 0 fully saturated rings. The van der Waals surface area contributed by atoms with E-state index < -0.39 is 43.1 Å². The third kappa shape index (κ3) is 8.94. The van der Waals surface area contributed by atoms with E-state index in [1.807, 2.05) is 84.9 Å². The summed E-state index contributed by atoms with van der Waals surface area (Å²) in [6.45, 7) is 3.52. The average molecular weight is 584 g/mol. The Balaban J connectivity index is 1.55. The van der Waals surface area contributed by atoms with Crippen molar-refractivity contribution in [2.75, 3.05) is 0 Å². The molecule has 11 heteroatoms. The van der Waals surface area contributed by atoms with E-state index in [0.717, 1.165) is 27.6 Å². The van der Waals surface area contributed by atoms with E-state index in [9.17, 15) is 24.4 Å². The van der Waals surface area contributed by atoms with Crippen LogP contribution in [0.2, 0.25) is 0 Å². The zero-order chi connectivity index (χ0) is 30.8. The summed E-state index contributed by atoms with van der Waals surface area (Å²) in [5.74, 6) is -2.43. The van der Waals surface area contributed by atoms with Crippen molar-refractivity contribution in [1.29, 1.82) is 0 Å². The topological polar surface area (TPSA) is 153 Å². The molecule has 3 amide bonds. The van der Waals surface area contributed by atoms with E-state index in [-0.39, 0.29) is 25.4 Å². The molecule has 0 radical (unpaired) electrons. The van der Waals surface area contributed by atoms with Gasteiger partial charge in [0.2, 0.25) is 11.8 Å². The number of aromatic nitrogens is 1. The summed E-state index contributed by atoms with van der Waals surface area (Å²) in [5.41, 5.74) is 3.25. The van der Waals surface area contributed by atoms with Crippen LogP contribution in [-0.4, -0.2) is 58.1 Å². The van der Waals surface area contributed by atoms with Crippen LogP contribution in [-0.2, 0) is 33.8 Å². The summed E-state index contributed by atoms with van der Waals surface area (Å²) >= 11 is 0. The summed E-state index contributed by atoms with van der Waals surface area (Å²) in [4.78, 5) is 43.3. The fourth-order valence-electron chi connectivity index (χ4n) is 4.82. The quantitative estimate of drug-likeness (QED) is 0.133. The predicted molar refractivity (Wildman–Crippen MR) is 165 cm³/mol. The molecule has 1 aromatic heterocycles. The number of para-hydroxylation sites is 1. The van der Waals surface area contributed by atoms with Gasteiger partial charge in [-0.15, -0.1) is 0 Å². The van der Waals surface area contributed by atoms with Crippen LogP contribution in [0.1, 0.15) is 30.5 Å². The fourth-order valence-corrected chi connectivity index (χ4v) is 4.82. The van der Waals surface area contributed by atoms with Gasteiger partial charge in [0.1, 0.15) is 18.7 Å². The molecule has 0 aliphatic rings. The molecule has 0 spiro atoms. The molecule has 1 heterocycles. The largest absolute Gasteiger partial charge is 0.475 e. The molecule has 10 nitrogen and oxygen atoms in total. The van der Waals surface area contributed by atoms with Gasteiger partial charge in [0.05, 0.1) is 5.94 Å². The van der Waals surface area contributed by atoms with Gasteiger partial charge in [-0.05, 0) is 28.7 Å². The molecule has 0 aliphatic carbocycles. The van der Waals surface area contributed by atoms with Gasteiger partial charge in [-0.3, -0.25) is 9.59 Å². The smallest absolute Gasteiger partial charge is 0.445 e. The third-order valence-electron chi connectivity index (χ3n) is 7.18. The summed E-state index contributed by atoms with van der Waals surface area (Å²) in [6, 6.07) is 23.8. The highest BCUT2D eigenvalue weighted by molar-refractivity contribution is 6.43.